The molecule has 0 saturated heterocycles. The maximum atomic E-state index is 12.8. The second-order valence-corrected chi connectivity index (χ2v) is 4.79. The second-order valence-electron chi connectivity index (χ2n) is 4.79. The average molecular weight is 312 g/mol. The van der Waals surface area contributed by atoms with Crippen LogP contribution in [0.4, 0.5) is 4.39 Å². The summed E-state index contributed by atoms with van der Waals surface area (Å²) in [6.07, 6.45) is 3.27. The monoisotopic (exact) mass is 312 g/mol. The van der Waals surface area contributed by atoms with E-state index in [-0.39, 0.29) is 18.3 Å². The molecular formula is C15H13FN6O. The van der Waals surface area contributed by atoms with Gasteiger partial charge in [-0.1, -0.05) is 12.1 Å². The van der Waals surface area contributed by atoms with Crippen LogP contribution in [0.5, 0.6) is 0 Å². The van der Waals surface area contributed by atoms with Gasteiger partial charge in [0, 0.05) is 24.5 Å². The van der Waals surface area contributed by atoms with Crippen LogP contribution in [0.25, 0.3) is 11.4 Å². The third-order valence-electron chi connectivity index (χ3n) is 3.06. The number of benzene rings is 1. The van der Waals surface area contributed by atoms with Crippen molar-refractivity contribution < 1.29 is 9.18 Å². The summed E-state index contributed by atoms with van der Waals surface area (Å²) in [5.74, 6) is -0.163. The number of nitrogens with one attached hydrogen (secondary N) is 1. The van der Waals surface area contributed by atoms with E-state index in [0.717, 1.165) is 11.1 Å². The Hall–Kier alpha value is -3.16. The zero-order valence-electron chi connectivity index (χ0n) is 12.1. The van der Waals surface area contributed by atoms with Gasteiger partial charge in [-0.25, -0.2) is 4.39 Å². The Labute approximate surface area is 131 Å². The van der Waals surface area contributed by atoms with Crippen LogP contribution in [-0.2, 0) is 17.9 Å². The van der Waals surface area contributed by atoms with Crippen LogP contribution >= 0.6 is 0 Å². The predicted octanol–water partition coefficient (Wildman–Crippen LogP) is 1.19. The van der Waals surface area contributed by atoms with Crippen LogP contribution in [0.1, 0.15) is 5.56 Å². The maximum Gasteiger partial charge on any atom is 0.243 e. The van der Waals surface area contributed by atoms with Gasteiger partial charge in [0.2, 0.25) is 11.7 Å². The number of tetrazole rings is 1. The number of pyridine rings is 1. The second kappa shape index (κ2) is 6.73. The van der Waals surface area contributed by atoms with E-state index in [1.54, 1.807) is 30.6 Å². The van der Waals surface area contributed by atoms with Gasteiger partial charge in [0.1, 0.15) is 12.4 Å². The van der Waals surface area contributed by atoms with Crippen LogP contribution in [0.15, 0.2) is 48.8 Å². The van der Waals surface area contributed by atoms with Gasteiger partial charge in [-0.15, -0.1) is 10.2 Å². The third-order valence-corrected chi connectivity index (χ3v) is 3.06. The molecule has 8 heteroatoms. The summed E-state index contributed by atoms with van der Waals surface area (Å²) in [5, 5.41) is 14.6. The Morgan fingerprint density at radius 3 is 2.78 bits per heavy atom. The molecule has 0 spiro atoms. The molecule has 0 atom stereocenters. The number of halogens is 1. The molecule has 2 heterocycles. The van der Waals surface area contributed by atoms with E-state index in [0.29, 0.717) is 12.4 Å². The lowest BCUT2D eigenvalue weighted by molar-refractivity contribution is -0.122. The summed E-state index contributed by atoms with van der Waals surface area (Å²) in [6, 6.07) is 9.50. The van der Waals surface area contributed by atoms with Crippen molar-refractivity contribution in [2.24, 2.45) is 0 Å². The fraction of sp³-hybridized carbons (Fsp3) is 0.133. The summed E-state index contributed by atoms with van der Waals surface area (Å²) in [7, 11) is 0. The number of rotatable bonds is 5. The summed E-state index contributed by atoms with van der Waals surface area (Å²) in [6.45, 7) is 0.262. The van der Waals surface area contributed by atoms with Gasteiger partial charge in [-0.05, 0) is 35.0 Å². The minimum atomic E-state index is -0.310. The summed E-state index contributed by atoms with van der Waals surface area (Å²) < 4.78 is 12.8. The highest BCUT2D eigenvalue weighted by molar-refractivity contribution is 5.75. The fourth-order valence-corrected chi connectivity index (χ4v) is 1.91. The Balaban J connectivity index is 1.56. The third kappa shape index (κ3) is 3.94. The van der Waals surface area contributed by atoms with Crippen LogP contribution in [0.3, 0.4) is 0 Å². The Kier molecular flexibility index (Phi) is 4.32. The van der Waals surface area contributed by atoms with Crippen molar-refractivity contribution >= 4 is 5.91 Å². The van der Waals surface area contributed by atoms with E-state index in [2.05, 4.69) is 25.7 Å². The molecule has 7 nitrogen and oxygen atoms in total. The first-order valence-electron chi connectivity index (χ1n) is 6.90. The molecule has 1 aromatic carbocycles. The van der Waals surface area contributed by atoms with Crippen molar-refractivity contribution in [2.45, 2.75) is 13.1 Å². The Bertz CT molecular complexity index is 787. The van der Waals surface area contributed by atoms with Crippen LogP contribution < -0.4 is 5.32 Å². The van der Waals surface area contributed by atoms with E-state index >= 15 is 0 Å². The first kappa shape index (κ1) is 14.8. The highest BCUT2D eigenvalue weighted by atomic mass is 19.1. The molecule has 0 fully saturated rings. The summed E-state index contributed by atoms with van der Waals surface area (Å²) >= 11 is 0. The minimum Gasteiger partial charge on any atom is -0.350 e. The van der Waals surface area contributed by atoms with Crippen LogP contribution in [0.2, 0.25) is 0 Å². The van der Waals surface area contributed by atoms with Crippen LogP contribution in [-0.4, -0.2) is 31.1 Å². The topological polar surface area (TPSA) is 85.6 Å². The zero-order chi connectivity index (χ0) is 16.1. The molecule has 0 saturated carbocycles. The van der Waals surface area contributed by atoms with E-state index in [1.807, 2.05) is 6.07 Å². The first-order chi connectivity index (χ1) is 11.2. The van der Waals surface area contributed by atoms with Crippen molar-refractivity contribution in [2.75, 3.05) is 0 Å². The van der Waals surface area contributed by atoms with E-state index in [4.69, 9.17) is 0 Å². The van der Waals surface area contributed by atoms with E-state index in [9.17, 15) is 9.18 Å². The van der Waals surface area contributed by atoms with E-state index < -0.39 is 0 Å². The zero-order valence-corrected chi connectivity index (χ0v) is 12.1. The SMILES string of the molecule is O=C(Cn1nnc(-c2cccnc2)n1)NCc1ccc(F)cc1. The normalized spacial score (nSPS) is 10.5. The Morgan fingerprint density at radius 1 is 1.22 bits per heavy atom. The molecule has 3 rings (SSSR count). The number of carbonyl (C=O) groups excluding carboxylic acids is 1. The highest BCUT2D eigenvalue weighted by Gasteiger charge is 2.09. The molecule has 0 aliphatic rings. The summed E-state index contributed by atoms with van der Waals surface area (Å²) in [5.41, 5.74) is 1.54. The molecule has 0 aliphatic heterocycles. The lowest BCUT2D eigenvalue weighted by Crippen LogP contribution is -2.28. The van der Waals surface area contributed by atoms with Crippen molar-refractivity contribution in [3.05, 3.63) is 60.2 Å². The predicted molar refractivity (Wildman–Crippen MR) is 79.3 cm³/mol. The standard InChI is InChI=1S/C15H13FN6O/c16-13-5-3-11(4-6-13)8-18-14(23)10-22-20-15(19-21-22)12-2-1-7-17-9-12/h1-7,9H,8,10H2,(H,18,23). The minimum absolute atomic E-state index is 0.0472. The Morgan fingerprint density at radius 2 is 2.04 bits per heavy atom. The van der Waals surface area contributed by atoms with Gasteiger partial charge in [-0.3, -0.25) is 9.78 Å². The van der Waals surface area contributed by atoms with Gasteiger partial charge in [-0.2, -0.15) is 4.80 Å². The lowest BCUT2D eigenvalue weighted by atomic mass is 10.2. The highest BCUT2D eigenvalue weighted by Crippen LogP contribution is 2.10. The first-order valence-corrected chi connectivity index (χ1v) is 6.90. The van der Waals surface area contributed by atoms with Crippen LogP contribution in [0, 0.1) is 5.82 Å². The van der Waals surface area contributed by atoms with Gasteiger partial charge in [0.15, 0.2) is 0 Å². The molecule has 1 amide bonds. The van der Waals surface area contributed by atoms with Gasteiger partial charge in [0.25, 0.3) is 0 Å². The number of amides is 1. The largest absolute Gasteiger partial charge is 0.350 e. The molecule has 0 unspecified atom stereocenters. The van der Waals surface area contributed by atoms with Crippen molar-refractivity contribution in [3.8, 4) is 11.4 Å². The number of hydrogen-bond acceptors (Lipinski definition) is 5. The van der Waals surface area contributed by atoms with E-state index in [1.165, 1.54) is 16.9 Å². The number of aromatic nitrogens is 5. The molecule has 2 aromatic heterocycles. The number of carbonyl (C=O) groups is 1. The molecule has 3 aromatic rings. The quantitative estimate of drug-likeness (QED) is 0.765. The molecule has 0 bridgehead atoms. The lowest BCUT2D eigenvalue weighted by Gasteiger charge is -2.04. The van der Waals surface area contributed by atoms with Gasteiger partial charge in [0.05, 0.1) is 0 Å². The molecule has 23 heavy (non-hydrogen) atoms. The molecule has 0 radical (unpaired) electrons. The molecule has 0 aliphatic carbocycles. The van der Waals surface area contributed by atoms with Gasteiger partial charge >= 0.3 is 0 Å². The summed E-state index contributed by atoms with van der Waals surface area (Å²) in [4.78, 5) is 17.1. The average Bonchev–Trinajstić information content (AvgIpc) is 3.04. The van der Waals surface area contributed by atoms with Crippen molar-refractivity contribution in [1.82, 2.24) is 30.5 Å². The van der Waals surface area contributed by atoms with Crippen molar-refractivity contribution in [1.29, 1.82) is 0 Å². The molecule has 116 valence electrons. The van der Waals surface area contributed by atoms with Crippen molar-refractivity contribution in [3.63, 3.8) is 0 Å². The maximum absolute atomic E-state index is 12.8. The number of hydrogen-bond donors (Lipinski definition) is 1. The molecule has 1 N–H and O–H groups in total. The smallest absolute Gasteiger partial charge is 0.243 e. The number of nitrogens with zero attached hydrogens (tertiary/aromatic N) is 5. The molecular weight excluding hydrogens is 299 g/mol. The fourth-order valence-electron chi connectivity index (χ4n) is 1.91. The van der Waals surface area contributed by atoms with Gasteiger partial charge < -0.3 is 5.32 Å².